The van der Waals surface area contributed by atoms with Crippen molar-refractivity contribution >= 4 is 23.2 Å². The third-order valence-electron chi connectivity index (χ3n) is 4.34. The molecule has 0 aliphatic heterocycles. The fourth-order valence-electron chi connectivity index (χ4n) is 2.97. The number of carbonyl (C=O) groups is 1. The Balaban J connectivity index is 1.99. The molecule has 0 aliphatic carbocycles. The molecule has 152 valence electrons. The summed E-state index contributed by atoms with van der Waals surface area (Å²) >= 11 is 6.02. The molecule has 2 aromatic heterocycles. The first-order valence-corrected chi connectivity index (χ1v) is 9.48. The van der Waals surface area contributed by atoms with Gasteiger partial charge in [-0.25, -0.2) is 9.67 Å². The van der Waals surface area contributed by atoms with Gasteiger partial charge in [0.2, 0.25) is 11.9 Å². The Morgan fingerprint density at radius 2 is 2.00 bits per heavy atom. The Hall–Kier alpha value is -3.13. The van der Waals surface area contributed by atoms with Crippen molar-refractivity contribution in [1.82, 2.24) is 19.3 Å². The number of halogens is 1. The van der Waals surface area contributed by atoms with Gasteiger partial charge in [-0.15, -0.1) is 0 Å². The number of hydrogen-bond acceptors (Lipinski definition) is 5. The van der Waals surface area contributed by atoms with E-state index in [0.29, 0.717) is 34.5 Å². The van der Waals surface area contributed by atoms with Crippen LogP contribution in [0.15, 0.2) is 35.1 Å². The summed E-state index contributed by atoms with van der Waals surface area (Å²) in [6.07, 6.45) is 0.592. The van der Waals surface area contributed by atoms with Crippen molar-refractivity contribution in [3.63, 3.8) is 0 Å². The van der Waals surface area contributed by atoms with Crippen LogP contribution in [0.2, 0.25) is 5.02 Å². The van der Waals surface area contributed by atoms with Gasteiger partial charge in [0.25, 0.3) is 5.56 Å². The van der Waals surface area contributed by atoms with Crippen molar-refractivity contribution in [3.8, 4) is 11.7 Å². The number of hydrogen-bond donors (Lipinski definition) is 1. The van der Waals surface area contributed by atoms with Gasteiger partial charge in [-0.2, -0.15) is 5.10 Å². The maximum atomic E-state index is 12.7. The Kier molecular flexibility index (Phi) is 6.03. The largest absolute Gasteiger partial charge is 0.495 e. The van der Waals surface area contributed by atoms with Crippen LogP contribution in [-0.4, -0.2) is 32.3 Å². The Labute approximate surface area is 173 Å². The van der Waals surface area contributed by atoms with Gasteiger partial charge in [0, 0.05) is 22.5 Å². The van der Waals surface area contributed by atoms with E-state index in [2.05, 4.69) is 15.4 Å². The van der Waals surface area contributed by atoms with Gasteiger partial charge >= 0.3 is 0 Å². The van der Waals surface area contributed by atoms with Crippen LogP contribution < -0.4 is 15.6 Å². The summed E-state index contributed by atoms with van der Waals surface area (Å²) in [5, 5.41) is 7.61. The molecular formula is C20H22ClN5O3. The minimum absolute atomic E-state index is 0.237. The molecule has 1 aromatic carbocycles. The summed E-state index contributed by atoms with van der Waals surface area (Å²) in [5.41, 5.74) is 2.33. The highest BCUT2D eigenvalue weighted by molar-refractivity contribution is 6.31. The van der Waals surface area contributed by atoms with Crippen LogP contribution >= 0.6 is 11.6 Å². The number of carbonyl (C=O) groups excluding carboxylic acids is 1. The van der Waals surface area contributed by atoms with E-state index in [0.717, 1.165) is 11.4 Å². The first kappa shape index (κ1) is 20.6. The average molecular weight is 416 g/mol. The van der Waals surface area contributed by atoms with Crippen LogP contribution in [0.25, 0.3) is 5.95 Å². The zero-order valence-corrected chi connectivity index (χ0v) is 17.4. The van der Waals surface area contributed by atoms with Crippen molar-refractivity contribution in [2.24, 2.45) is 0 Å². The molecular weight excluding hydrogens is 394 g/mol. The van der Waals surface area contributed by atoms with Gasteiger partial charge in [-0.05, 0) is 44.5 Å². The molecule has 0 bridgehead atoms. The summed E-state index contributed by atoms with van der Waals surface area (Å²) < 4.78 is 8.12. The molecule has 0 unspecified atom stereocenters. The minimum Gasteiger partial charge on any atom is -0.495 e. The number of nitrogens with one attached hydrogen (secondary N) is 1. The van der Waals surface area contributed by atoms with Crippen LogP contribution in [0.1, 0.15) is 24.0 Å². The van der Waals surface area contributed by atoms with Gasteiger partial charge in [-0.3, -0.25) is 14.2 Å². The topological polar surface area (TPSA) is 91.0 Å². The molecule has 1 amide bonds. The van der Waals surface area contributed by atoms with E-state index in [9.17, 15) is 9.59 Å². The summed E-state index contributed by atoms with van der Waals surface area (Å²) in [6.45, 7) is 5.40. The number of nitrogens with zero attached hydrogens (tertiary/aromatic N) is 4. The monoisotopic (exact) mass is 415 g/mol. The molecule has 2 heterocycles. The zero-order chi connectivity index (χ0) is 21.1. The molecule has 29 heavy (non-hydrogen) atoms. The number of ether oxygens (including phenoxy) is 1. The summed E-state index contributed by atoms with van der Waals surface area (Å²) in [5.74, 6) is 0.350. The lowest BCUT2D eigenvalue weighted by Crippen LogP contribution is -2.32. The number of amides is 1. The van der Waals surface area contributed by atoms with Gasteiger partial charge in [0.15, 0.2) is 0 Å². The maximum absolute atomic E-state index is 12.7. The Bertz CT molecular complexity index is 1120. The highest BCUT2D eigenvalue weighted by atomic mass is 35.5. The average Bonchev–Trinajstić information content (AvgIpc) is 3.01. The van der Waals surface area contributed by atoms with Gasteiger partial charge in [0.05, 0.1) is 18.5 Å². The van der Waals surface area contributed by atoms with E-state index in [-0.39, 0.29) is 12.1 Å². The quantitative estimate of drug-likeness (QED) is 0.668. The van der Waals surface area contributed by atoms with Gasteiger partial charge in [0.1, 0.15) is 12.3 Å². The van der Waals surface area contributed by atoms with Crippen molar-refractivity contribution in [3.05, 3.63) is 62.8 Å². The lowest BCUT2D eigenvalue weighted by Gasteiger charge is -2.15. The second kappa shape index (κ2) is 8.48. The highest BCUT2D eigenvalue weighted by Crippen LogP contribution is 2.27. The third kappa shape index (κ3) is 4.48. The van der Waals surface area contributed by atoms with Gasteiger partial charge in [-0.1, -0.05) is 18.5 Å². The van der Waals surface area contributed by atoms with E-state index < -0.39 is 5.91 Å². The number of methoxy groups -OCH3 is 1. The lowest BCUT2D eigenvalue weighted by molar-refractivity contribution is -0.116. The summed E-state index contributed by atoms with van der Waals surface area (Å²) in [7, 11) is 1.50. The van der Waals surface area contributed by atoms with Crippen LogP contribution in [0.5, 0.6) is 5.75 Å². The zero-order valence-electron chi connectivity index (χ0n) is 16.7. The van der Waals surface area contributed by atoms with Crippen molar-refractivity contribution < 1.29 is 9.53 Å². The van der Waals surface area contributed by atoms with Crippen LogP contribution in [0.3, 0.4) is 0 Å². The van der Waals surface area contributed by atoms with Crippen LogP contribution in [0.4, 0.5) is 5.69 Å². The summed E-state index contributed by atoms with van der Waals surface area (Å²) in [6, 6.07) is 8.22. The first-order chi connectivity index (χ1) is 13.8. The van der Waals surface area contributed by atoms with Crippen molar-refractivity contribution in [2.75, 3.05) is 12.4 Å². The molecule has 0 radical (unpaired) electrons. The highest BCUT2D eigenvalue weighted by Gasteiger charge is 2.17. The van der Waals surface area contributed by atoms with E-state index in [1.165, 1.54) is 17.7 Å². The Morgan fingerprint density at radius 1 is 1.24 bits per heavy atom. The van der Waals surface area contributed by atoms with Crippen molar-refractivity contribution in [1.29, 1.82) is 0 Å². The van der Waals surface area contributed by atoms with E-state index in [4.69, 9.17) is 16.3 Å². The molecule has 0 fully saturated rings. The number of aromatic nitrogens is 4. The minimum atomic E-state index is -0.415. The maximum Gasteiger partial charge on any atom is 0.255 e. The number of benzene rings is 1. The second-order valence-electron chi connectivity index (χ2n) is 6.56. The molecule has 3 aromatic rings. The van der Waals surface area contributed by atoms with Gasteiger partial charge < -0.3 is 10.1 Å². The number of anilines is 1. The molecule has 0 atom stereocenters. The molecule has 9 heteroatoms. The predicted octanol–water partition coefficient (Wildman–Crippen LogP) is 2.91. The normalized spacial score (nSPS) is 10.8. The standard InChI is InChI=1S/C20H22ClN5O3/c1-5-15-10-19(28)25(20(22-15)26-13(3)8-12(2)24-26)11-18(27)23-16-9-14(21)6-7-17(16)29-4/h6-10H,5,11H2,1-4H3,(H,23,27). The van der Waals surface area contributed by atoms with Crippen molar-refractivity contribution in [2.45, 2.75) is 33.7 Å². The van der Waals surface area contributed by atoms with Crippen LogP contribution in [0, 0.1) is 13.8 Å². The molecule has 1 N–H and O–H groups in total. The third-order valence-corrected chi connectivity index (χ3v) is 4.57. The molecule has 0 aliphatic rings. The fraction of sp³-hybridized carbons (Fsp3) is 0.300. The second-order valence-corrected chi connectivity index (χ2v) is 6.99. The number of rotatable bonds is 6. The molecule has 0 saturated heterocycles. The SMILES string of the molecule is CCc1cc(=O)n(CC(=O)Nc2cc(Cl)ccc2OC)c(-n2nc(C)cc2C)n1. The first-order valence-electron chi connectivity index (χ1n) is 9.10. The van der Waals surface area contributed by atoms with E-state index >= 15 is 0 Å². The molecule has 0 spiro atoms. The predicted molar refractivity (Wildman–Crippen MR) is 111 cm³/mol. The lowest BCUT2D eigenvalue weighted by atomic mass is 10.3. The molecule has 8 nitrogen and oxygen atoms in total. The van der Waals surface area contributed by atoms with Crippen LogP contribution in [-0.2, 0) is 17.8 Å². The fourth-order valence-corrected chi connectivity index (χ4v) is 3.15. The molecule has 0 saturated carbocycles. The van der Waals surface area contributed by atoms with E-state index in [1.807, 2.05) is 26.8 Å². The Morgan fingerprint density at radius 3 is 2.62 bits per heavy atom. The smallest absolute Gasteiger partial charge is 0.255 e. The summed E-state index contributed by atoms with van der Waals surface area (Å²) in [4.78, 5) is 30.0. The van der Waals surface area contributed by atoms with E-state index in [1.54, 1.807) is 22.9 Å². The number of aryl methyl sites for hydroxylation is 3. The molecule has 3 rings (SSSR count).